The molecule has 0 aliphatic carbocycles. The Morgan fingerprint density at radius 2 is 1.85 bits per heavy atom. The van der Waals surface area contributed by atoms with Crippen molar-refractivity contribution in [3.63, 3.8) is 0 Å². The quantitative estimate of drug-likeness (QED) is 0.398. The molecule has 0 spiro atoms. The molecule has 1 aliphatic heterocycles. The summed E-state index contributed by atoms with van der Waals surface area (Å²) in [6.07, 6.45) is 1.48. The molecule has 1 saturated heterocycles. The minimum Gasteiger partial charge on any atom is -0.481 e. The molecule has 1 fully saturated rings. The van der Waals surface area contributed by atoms with Crippen molar-refractivity contribution in [1.82, 2.24) is 4.90 Å². The number of hydrogen-bond acceptors (Lipinski definition) is 5. The first kappa shape index (κ1) is 26.4. The Morgan fingerprint density at radius 1 is 1.18 bits per heavy atom. The Morgan fingerprint density at radius 3 is 2.52 bits per heavy atom. The maximum absolute atomic E-state index is 13.6. The van der Waals surface area contributed by atoms with E-state index in [9.17, 15) is 13.2 Å². The summed E-state index contributed by atoms with van der Waals surface area (Å²) in [6, 6.07) is 10.4. The predicted molar refractivity (Wildman–Crippen MR) is 136 cm³/mol. The first-order valence-corrected chi connectivity index (χ1v) is 14.0. The second kappa shape index (κ2) is 11.5. The fourth-order valence-electron chi connectivity index (χ4n) is 3.78. The van der Waals surface area contributed by atoms with E-state index in [1.54, 1.807) is 30.0 Å². The van der Waals surface area contributed by atoms with Gasteiger partial charge in [0.25, 0.3) is 10.0 Å². The van der Waals surface area contributed by atoms with Gasteiger partial charge in [0.1, 0.15) is 0 Å². The first-order valence-electron chi connectivity index (χ1n) is 10.4. The first-order chi connectivity index (χ1) is 15.6. The van der Waals surface area contributed by atoms with E-state index in [1.165, 1.54) is 28.6 Å². The second-order valence-corrected chi connectivity index (χ2v) is 12.3. The van der Waals surface area contributed by atoms with Gasteiger partial charge in [-0.05, 0) is 68.8 Å². The predicted octanol–water partition coefficient (Wildman–Crippen LogP) is 5.86. The van der Waals surface area contributed by atoms with Crippen LogP contribution < -0.4 is 4.31 Å². The SMILES string of the molecule is CC(CCCN1CSC(CC(=O)O)C1)N(c1cc(Cl)ccc1Cl)S(=O)(=O)c1ccc(Cl)cc1. The van der Waals surface area contributed by atoms with Gasteiger partial charge in [-0.25, -0.2) is 8.42 Å². The highest BCUT2D eigenvalue weighted by Gasteiger charge is 2.31. The van der Waals surface area contributed by atoms with Gasteiger partial charge < -0.3 is 5.11 Å². The number of sulfonamides is 1. The highest BCUT2D eigenvalue weighted by molar-refractivity contribution is 8.00. The second-order valence-electron chi connectivity index (χ2n) is 7.93. The lowest BCUT2D eigenvalue weighted by molar-refractivity contribution is -0.137. The van der Waals surface area contributed by atoms with Crippen molar-refractivity contribution < 1.29 is 18.3 Å². The van der Waals surface area contributed by atoms with E-state index in [2.05, 4.69) is 4.90 Å². The summed E-state index contributed by atoms with van der Waals surface area (Å²) in [5, 5.41) is 10.2. The molecule has 2 atom stereocenters. The number of halogens is 3. The molecular weight excluding hydrogens is 527 g/mol. The van der Waals surface area contributed by atoms with Crippen LogP contribution in [0.25, 0.3) is 0 Å². The van der Waals surface area contributed by atoms with Crippen LogP contribution in [-0.2, 0) is 14.8 Å². The molecule has 2 aromatic rings. The number of hydrogen-bond donors (Lipinski definition) is 1. The van der Waals surface area contributed by atoms with Gasteiger partial charge >= 0.3 is 5.97 Å². The highest BCUT2D eigenvalue weighted by atomic mass is 35.5. The number of thioether (sulfide) groups is 1. The van der Waals surface area contributed by atoms with Gasteiger partial charge in [-0.15, -0.1) is 11.8 Å². The van der Waals surface area contributed by atoms with Crippen LogP contribution in [0.3, 0.4) is 0 Å². The molecular formula is C22H25Cl3N2O4S2. The number of benzene rings is 2. The molecule has 6 nitrogen and oxygen atoms in total. The van der Waals surface area contributed by atoms with Crippen molar-refractivity contribution in [3.8, 4) is 0 Å². The summed E-state index contributed by atoms with van der Waals surface area (Å²) < 4.78 is 28.6. The summed E-state index contributed by atoms with van der Waals surface area (Å²) in [4.78, 5) is 13.3. The van der Waals surface area contributed by atoms with Gasteiger partial charge in [-0.2, -0.15) is 0 Å². The molecule has 0 bridgehead atoms. The molecule has 2 unspecified atom stereocenters. The molecule has 0 amide bonds. The number of rotatable bonds is 10. The zero-order valence-corrected chi connectivity index (χ0v) is 21.9. The molecule has 0 radical (unpaired) electrons. The van der Waals surface area contributed by atoms with Crippen molar-refractivity contribution in [2.24, 2.45) is 0 Å². The Hall–Kier alpha value is -1.16. The molecule has 1 N–H and O–H groups in total. The van der Waals surface area contributed by atoms with Crippen molar-refractivity contribution in [2.75, 3.05) is 23.3 Å². The maximum atomic E-state index is 13.6. The molecule has 0 aromatic heterocycles. The lowest BCUT2D eigenvalue weighted by Crippen LogP contribution is -2.39. The van der Waals surface area contributed by atoms with Crippen LogP contribution in [0, 0.1) is 0 Å². The van der Waals surface area contributed by atoms with E-state index in [1.807, 2.05) is 6.92 Å². The van der Waals surface area contributed by atoms with Crippen LogP contribution in [0.1, 0.15) is 26.2 Å². The molecule has 0 saturated carbocycles. The number of nitrogens with zero attached hydrogens (tertiary/aromatic N) is 2. The van der Waals surface area contributed by atoms with Crippen LogP contribution in [-0.4, -0.2) is 54.7 Å². The lowest BCUT2D eigenvalue weighted by Gasteiger charge is -2.32. The van der Waals surface area contributed by atoms with Crippen molar-refractivity contribution >= 4 is 68.2 Å². The zero-order chi connectivity index (χ0) is 24.2. The summed E-state index contributed by atoms with van der Waals surface area (Å²) in [5.41, 5.74) is 0.324. The third kappa shape index (κ3) is 6.93. The fourth-order valence-corrected chi connectivity index (χ4v) is 7.26. The standard InChI is InChI=1S/C22H25Cl3N2O4S2/c1-15(3-2-10-26-13-18(32-14-26)12-22(28)29)27(21-11-17(24)6-9-20(21)25)33(30,31)19-7-4-16(23)5-8-19/h4-9,11,15,18H,2-3,10,12-14H2,1H3,(H,28,29). The maximum Gasteiger partial charge on any atom is 0.304 e. The third-order valence-electron chi connectivity index (χ3n) is 5.37. The van der Waals surface area contributed by atoms with E-state index in [-0.39, 0.29) is 21.6 Å². The number of aliphatic carboxylic acids is 1. The molecule has 33 heavy (non-hydrogen) atoms. The topological polar surface area (TPSA) is 77.9 Å². The van der Waals surface area contributed by atoms with E-state index >= 15 is 0 Å². The molecule has 180 valence electrons. The van der Waals surface area contributed by atoms with Gasteiger partial charge in [-0.1, -0.05) is 34.8 Å². The molecule has 1 heterocycles. The van der Waals surface area contributed by atoms with E-state index in [4.69, 9.17) is 39.9 Å². The minimum atomic E-state index is -3.93. The molecule has 2 aromatic carbocycles. The molecule has 11 heteroatoms. The average Bonchev–Trinajstić information content (AvgIpc) is 3.17. The Balaban J connectivity index is 1.77. The van der Waals surface area contributed by atoms with Crippen LogP contribution >= 0.6 is 46.6 Å². The van der Waals surface area contributed by atoms with Gasteiger partial charge in [0.2, 0.25) is 0 Å². The van der Waals surface area contributed by atoms with E-state index in [0.29, 0.717) is 22.2 Å². The van der Waals surface area contributed by atoms with Gasteiger partial charge in [0.15, 0.2) is 0 Å². The Bertz CT molecular complexity index is 1080. The summed E-state index contributed by atoms with van der Waals surface area (Å²) in [7, 11) is -3.93. The van der Waals surface area contributed by atoms with Crippen LogP contribution in [0.4, 0.5) is 5.69 Å². The number of carboxylic acid groups (broad SMARTS) is 1. The number of carbonyl (C=O) groups is 1. The van der Waals surface area contributed by atoms with Gasteiger partial charge in [0, 0.05) is 33.8 Å². The van der Waals surface area contributed by atoms with Crippen LogP contribution in [0.2, 0.25) is 15.1 Å². The van der Waals surface area contributed by atoms with Gasteiger partial charge in [0.05, 0.1) is 22.0 Å². The monoisotopic (exact) mass is 550 g/mol. The van der Waals surface area contributed by atoms with Crippen LogP contribution in [0.15, 0.2) is 47.4 Å². The average molecular weight is 552 g/mol. The Kier molecular flexibility index (Phi) is 9.23. The van der Waals surface area contributed by atoms with Crippen molar-refractivity contribution in [3.05, 3.63) is 57.5 Å². The highest BCUT2D eigenvalue weighted by Crippen LogP contribution is 2.36. The van der Waals surface area contributed by atoms with E-state index in [0.717, 1.165) is 25.4 Å². The van der Waals surface area contributed by atoms with Crippen molar-refractivity contribution in [1.29, 1.82) is 0 Å². The van der Waals surface area contributed by atoms with Crippen molar-refractivity contribution in [2.45, 2.75) is 42.4 Å². The Labute approximate surface area is 213 Å². The zero-order valence-electron chi connectivity index (χ0n) is 18.0. The third-order valence-corrected chi connectivity index (χ3v) is 9.42. The van der Waals surface area contributed by atoms with Gasteiger partial charge in [-0.3, -0.25) is 14.0 Å². The normalized spacial score (nSPS) is 17.8. The molecule has 1 aliphatic rings. The number of anilines is 1. The molecule has 3 rings (SSSR count). The number of carboxylic acids is 1. The van der Waals surface area contributed by atoms with E-state index < -0.39 is 22.0 Å². The summed E-state index contributed by atoms with van der Waals surface area (Å²) in [5.74, 6) is -0.0106. The largest absolute Gasteiger partial charge is 0.481 e. The van der Waals surface area contributed by atoms with Crippen LogP contribution in [0.5, 0.6) is 0 Å². The summed E-state index contributed by atoms with van der Waals surface area (Å²) in [6.45, 7) is 3.32. The lowest BCUT2D eigenvalue weighted by atomic mass is 10.1. The minimum absolute atomic E-state index is 0.0898. The smallest absolute Gasteiger partial charge is 0.304 e. The summed E-state index contributed by atoms with van der Waals surface area (Å²) >= 11 is 20.2. The fraction of sp³-hybridized carbons (Fsp3) is 0.409.